The molecule has 0 aliphatic carbocycles. The number of hydrogen-bond acceptors (Lipinski definition) is 4. The summed E-state index contributed by atoms with van der Waals surface area (Å²) >= 11 is 0. The van der Waals surface area contributed by atoms with Crippen molar-refractivity contribution in [2.24, 2.45) is 0 Å². The summed E-state index contributed by atoms with van der Waals surface area (Å²) in [4.78, 5) is 26.0. The van der Waals surface area contributed by atoms with E-state index in [0.717, 1.165) is 35.0 Å². The second-order valence-corrected chi connectivity index (χ2v) is 5.93. The number of hydrogen-bond donors (Lipinski definition) is 1. The first-order valence-electron chi connectivity index (χ1n) is 8.06. The van der Waals surface area contributed by atoms with E-state index in [0.29, 0.717) is 19.1 Å². The van der Waals surface area contributed by atoms with E-state index in [-0.39, 0.29) is 5.91 Å². The minimum atomic E-state index is 0.198. The zero-order valence-corrected chi connectivity index (χ0v) is 13.4. The van der Waals surface area contributed by atoms with Gasteiger partial charge in [-0.15, -0.1) is 0 Å². The second kappa shape index (κ2) is 5.26. The van der Waals surface area contributed by atoms with Gasteiger partial charge in [0.2, 0.25) is 5.91 Å². The molecule has 0 aromatic carbocycles. The summed E-state index contributed by atoms with van der Waals surface area (Å²) in [7, 11) is 0. The number of carbonyl (C=O) groups excluding carboxylic acids is 1. The van der Waals surface area contributed by atoms with Gasteiger partial charge in [0.15, 0.2) is 0 Å². The molecule has 23 heavy (non-hydrogen) atoms. The maximum Gasteiger partial charge on any atom is 0.223 e. The Kier molecular flexibility index (Phi) is 3.21. The molecule has 0 bridgehead atoms. The van der Waals surface area contributed by atoms with Crippen molar-refractivity contribution in [3.8, 4) is 0 Å². The molecule has 120 valence electrons. The number of amides is 1. The van der Waals surface area contributed by atoms with E-state index < -0.39 is 0 Å². The normalized spacial score (nSPS) is 18.4. The van der Waals surface area contributed by atoms with Crippen molar-refractivity contribution in [2.45, 2.75) is 32.7 Å². The highest BCUT2D eigenvalue weighted by Gasteiger charge is 2.32. The van der Waals surface area contributed by atoms with Crippen molar-refractivity contribution in [1.82, 2.24) is 24.5 Å². The van der Waals surface area contributed by atoms with Crippen LogP contribution >= 0.6 is 0 Å². The van der Waals surface area contributed by atoms with E-state index in [1.165, 1.54) is 0 Å². The van der Waals surface area contributed by atoms with Crippen LogP contribution in [0.15, 0.2) is 24.8 Å². The first-order valence-corrected chi connectivity index (χ1v) is 8.06. The van der Waals surface area contributed by atoms with Gasteiger partial charge in [-0.2, -0.15) is 0 Å². The zero-order valence-electron chi connectivity index (χ0n) is 13.4. The maximum absolute atomic E-state index is 12.1. The summed E-state index contributed by atoms with van der Waals surface area (Å²) < 4.78 is 2.09. The molecule has 4 heterocycles. The third kappa shape index (κ3) is 2.07. The van der Waals surface area contributed by atoms with Crippen LogP contribution in [0.4, 0.5) is 0 Å². The monoisotopic (exact) mass is 312 g/mol. The Bertz CT molecular complexity index is 866. The summed E-state index contributed by atoms with van der Waals surface area (Å²) in [6.07, 6.45) is 7.04. The lowest BCUT2D eigenvalue weighted by Gasteiger charge is -2.26. The molecular weight excluding hydrogens is 292 g/mol. The third-order valence-electron chi connectivity index (χ3n) is 4.65. The first kappa shape index (κ1) is 14.0. The molecule has 1 fully saturated rings. The third-order valence-corrected chi connectivity index (χ3v) is 4.65. The molecule has 3 aromatic rings. The Morgan fingerprint density at radius 2 is 2.26 bits per heavy atom. The molecule has 1 atom stereocenters. The second-order valence-electron chi connectivity index (χ2n) is 5.93. The van der Waals surface area contributed by atoms with Crippen molar-refractivity contribution in [3.05, 3.63) is 24.8 Å². The largest absolute Gasteiger partial charge is 0.346 e. The Balaban J connectivity index is 1.81. The van der Waals surface area contributed by atoms with Gasteiger partial charge in [0.25, 0.3) is 0 Å². The molecule has 7 nitrogen and oxygen atoms in total. The van der Waals surface area contributed by atoms with Crippen LogP contribution in [0.5, 0.6) is 0 Å². The van der Waals surface area contributed by atoms with Gasteiger partial charge in [-0.05, 0) is 12.5 Å². The predicted octanol–water partition coefficient (Wildman–Crippen LogP) is 1.84. The quantitative estimate of drug-likeness (QED) is 0.801. The van der Waals surface area contributed by atoms with E-state index in [2.05, 4.69) is 31.6 Å². The summed E-state index contributed by atoms with van der Waals surface area (Å²) in [5, 5.41) is 3.28. The van der Waals surface area contributed by atoms with E-state index in [1.807, 2.05) is 30.4 Å². The molecule has 0 unspecified atom stereocenters. The minimum absolute atomic E-state index is 0.198. The first-order chi connectivity index (χ1) is 11.2. The number of nitrogens with one attached hydrogen (secondary N) is 1. The number of rotatable bonds is 3. The summed E-state index contributed by atoms with van der Waals surface area (Å²) in [5.74, 6) is 0.198. The minimum Gasteiger partial charge on any atom is -0.346 e. The van der Waals surface area contributed by atoms with Crippen molar-refractivity contribution in [1.29, 1.82) is 0 Å². The molecule has 0 spiro atoms. The van der Waals surface area contributed by atoms with Gasteiger partial charge in [0.05, 0.1) is 12.2 Å². The summed E-state index contributed by atoms with van der Waals surface area (Å²) in [5.41, 5.74) is 2.76. The molecule has 1 aliphatic rings. The van der Waals surface area contributed by atoms with Gasteiger partial charge in [0, 0.05) is 24.5 Å². The molecule has 1 N–H and O–H groups in total. The highest BCUT2D eigenvalue weighted by molar-refractivity contribution is 6.01. The predicted molar refractivity (Wildman–Crippen MR) is 88.6 cm³/mol. The molecule has 7 heteroatoms. The number of pyridine rings is 1. The van der Waals surface area contributed by atoms with Gasteiger partial charge in [-0.25, -0.2) is 14.6 Å². The Morgan fingerprint density at radius 3 is 3.04 bits per heavy atom. The molecule has 1 aliphatic heterocycles. The number of imidazole rings is 1. The molecule has 0 saturated carbocycles. The smallest absolute Gasteiger partial charge is 0.223 e. The fourth-order valence-electron chi connectivity index (χ4n) is 3.37. The maximum atomic E-state index is 12.1. The Labute approximate surface area is 133 Å². The van der Waals surface area contributed by atoms with Crippen LogP contribution in [0.25, 0.3) is 22.1 Å². The number of fused-ring (bicyclic) bond motifs is 3. The lowest BCUT2D eigenvalue weighted by molar-refractivity contribution is -0.129. The van der Waals surface area contributed by atoms with E-state index in [1.54, 1.807) is 6.20 Å². The van der Waals surface area contributed by atoms with Crippen LogP contribution in [-0.4, -0.2) is 49.7 Å². The van der Waals surface area contributed by atoms with Gasteiger partial charge in [-0.3, -0.25) is 9.80 Å². The number of nitrogens with zero attached hydrogens (tertiary/aromatic N) is 5. The molecule has 1 amide bonds. The zero-order chi connectivity index (χ0) is 16.0. The lowest BCUT2D eigenvalue weighted by Crippen LogP contribution is -2.40. The van der Waals surface area contributed by atoms with Gasteiger partial charge in [0.1, 0.15) is 29.7 Å². The van der Waals surface area contributed by atoms with Crippen LogP contribution in [0.1, 0.15) is 26.7 Å². The Morgan fingerprint density at radius 1 is 1.39 bits per heavy atom. The van der Waals surface area contributed by atoms with Gasteiger partial charge in [-0.1, -0.05) is 13.8 Å². The molecule has 4 rings (SSSR count). The Hall–Kier alpha value is -2.57. The van der Waals surface area contributed by atoms with Gasteiger partial charge >= 0.3 is 0 Å². The SMILES string of the molecule is CCC(=O)N1C[C@@H](CC)N(n2cnc3cnc4[nH]ccc4c32)C1. The average Bonchev–Trinajstić information content (AvgIpc) is 3.28. The fourth-order valence-corrected chi connectivity index (χ4v) is 3.37. The van der Waals surface area contributed by atoms with Crippen LogP contribution in [0.2, 0.25) is 0 Å². The lowest BCUT2D eigenvalue weighted by atomic mass is 10.2. The van der Waals surface area contributed by atoms with Crippen LogP contribution in [0, 0.1) is 0 Å². The number of aromatic amines is 1. The van der Waals surface area contributed by atoms with Crippen LogP contribution in [-0.2, 0) is 4.79 Å². The highest BCUT2D eigenvalue weighted by Crippen LogP contribution is 2.25. The van der Waals surface area contributed by atoms with Crippen molar-refractivity contribution in [2.75, 3.05) is 18.2 Å². The fraction of sp³-hybridized carbons (Fsp3) is 0.438. The highest BCUT2D eigenvalue weighted by atomic mass is 16.2. The average molecular weight is 312 g/mol. The number of H-pyrrole nitrogens is 1. The number of aromatic nitrogens is 4. The van der Waals surface area contributed by atoms with Crippen molar-refractivity contribution < 1.29 is 4.79 Å². The number of carbonyl (C=O) groups is 1. The van der Waals surface area contributed by atoms with Crippen LogP contribution in [0.3, 0.4) is 0 Å². The standard InChI is InChI=1S/C16H20N6O/c1-3-11-8-20(14(23)4-2)10-22(11)21-9-19-13-7-18-16-12(15(13)21)5-6-17-16/h5-7,9,11H,3-4,8,10H2,1-2H3,(H,17,18)/t11-/m1/s1. The van der Waals surface area contributed by atoms with E-state index in [9.17, 15) is 4.79 Å². The van der Waals surface area contributed by atoms with Crippen molar-refractivity contribution >= 4 is 28.0 Å². The van der Waals surface area contributed by atoms with Crippen molar-refractivity contribution in [3.63, 3.8) is 0 Å². The van der Waals surface area contributed by atoms with Crippen LogP contribution < -0.4 is 5.01 Å². The van der Waals surface area contributed by atoms with E-state index >= 15 is 0 Å². The molecule has 0 radical (unpaired) electrons. The topological polar surface area (TPSA) is 70.1 Å². The van der Waals surface area contributed by atoms with E-state index in [4.69, 9.17) is 0 Å². The molecule has 1 saturated heterocycles. The molecule has 3 aromatic heterocycles. The summed E-state index contributed by atoms with van der Waals surface area (Å²) in [6.45, 7) is 5.44. The van der Waals surface area contributed by atoms with Gasteiger partial charge < -0.3 is 9.88 Å². The summed E-state index contributed by atoms with van der Waals surface area (Å²) in [6, 6.07) is 2.32. The molecular formula is C16H20N6O.